The number of nitriles is 1. The minimum atomic E-state index is 0.0254. The molecule has 0 unspecified atom stereocenters. The van der Waals surface area contributed by atoms with Crippen LogP contribution in [0.25, 0.3) is 0 Å². The van der Waals surface area contributed by atoms with Crippen LogP contribution >= 0.6 is 0 Å². The van der Waals surface area contributed by atoms with E-state index < -0.39 is 0 Å². The number of rotatable bonds is 5. The molecule has 1 saturated heterocycles. The van der Waals surface area contributed by atoms with Crippen molar-refractivity contribution < 1.29 is 9.47 Å². The number of nitrogens with one attached hydrogen (secondary N) is 1. The predicted molar refractivity (Wildman–Crippen MR) is 85.9 cm³/mol. The van der Waals surface area contributed by atoms with Gasteiger partial charge >= 0.3 is 0 Å². The fourth-order valence-corrected chi connectivity index (χ4v) is 2.87. The lowest BCUT2D eigenvalue weighted by Gasteiger charge is -2.20. The van der Waals surface area contributed by atoms with Gasteiger partial charge in [-0.25, -0.2) is 0 Å². The summed E-state index contributed by atoms with van der Waals surface area (Å²) in [5.74, 6) is 0.605. The van der Waals surface area contributed by atoms with Crippen molar-refractivity contribution in [2.45, 2.75) is 25.1 Å². The van der Waals surface area contributed by atoms with Crippen molar-refractivity contribution in [2.75, 3.05) is 13.7 Å². The predicted octanol–water partition coefficient (Wildman–Crippen LogP) is 2.58. The Kier molecular flexibility index (Phi) is 4.86. The molecule has 1 aromatic carbocycles. The molecule has 0 saturated carbocycles. The highest BCUT2D eigenvalue weighted by Crippen LogP contribution is 2.29. The Bertz CT molecular complexity index is 697. The molecule has 0 aliphatic carbocycles. The van der Waals surface area contributed by atoms with E-state index in [4.69, 9.17) is 14.7 Å². The Morgan fingerprint density at radius 3 is 3.09 bits per heavy atom. The van der Waals surface area contributed by atoms with Gasteiger partial charge < -0.3 is 14.8 Å². The van der Waals surface area contributed by atoms with Crippen molar-refractivity contribution >= 4 is 0 Å². The number of hydrogen-bond donors (Lipinski definition) is 1. The first-order valence-electron chi connectivity index (χ1n) is 7.63. The molecule has 0 amide bonds. The van der Waals surface area contributed by atoms with Crippen LogP contribution in [0.3, 0.4) is 0 Å². The van der Waals surface area contributed by atoms with Gasteiger partial charge in [-0.05, 0) is 30.2 Å². The summed E-state index contributed by atoms with van der Waals surface area (Å²) in [4.78, 5) is 4.17. The van der Waals surface area contributed by atoms with Crippen LogP contribution in [0.4, 0.5) is 0 Å². The van der Waals surface area contributed by atoms with Crippen molar-refractivity contribution in [3.8, 4) is 11.8 Å². The molecule has 1 aromatic heterocycles. The zero-order valence-electron chi connectivity index (χ0n) is 13.0. The van der Waals surface area contributed by atoms with E-state index in [2.05, 4.69) is 16.4 Å². The Morgan fingerprint density at radius 1 is 1.43 bits per heavy atom. The third kappa shape index (κ3) is 3.50. The smallest absolute Gasteiger partial charge is 0.136 e. The zero-order valence-corrected chi connectivity index (χ0v) is 13.0. The van der Waals surface area contributed by atoms with Crippen LogP contribution in [0.15, 0.2) is 42.7 Å². The van der Waals surface area contributed by atoms with Crippen LogP contribution in [0.2, 0.25) is 0 Å². The summed E-state index contributed by atoms with van der Waals surface area (Å²) in [6.45, 7) is 1.42. The van der Waals surface area contributed by atoms with Gasteiger partial charge in [-0.3, -0.25) is 4.98 Å². The van der Waals surface area contributed by atoms with E-state index >= 15 is 0 Å². The quantitative estimate of drug-likeness (QED) is 0.919. The van der Waals surface area contributed by atoms with Crippen LogP contribution in [0.1, 0.15) is 29.2 Å². The maximum absolute atomic E-state index is 9.17. The molecule has 5 heteroatoms. The number of nitrogens with zero attached hydrogens (tertiary/aromatic N) is 2. The van der Waals surface area contributed by atoms with Crippen molar-refractivity contribution in [1.82, 2.24) is 10.3 Å². The fraction of sp³-hybridized carbons (Fsp3) is 0.333. The zero-order chi connectivity index (χ0) is 16.1. The number of pyridine rings is 1. The third-order valence-electron chi connectivity index (χ3n) is 4.06. The molecule has 3 rings (SSSR count). The van der Waals surface area contributed by atoms with Gasteiger partial charge in [0.1, 0.15) is 11.8 Å². The summed E-state index contributed by atoms with van der Waals surface area (Å²) < 4.78 is 11.0. The van der Waals surface area contributed by atoms with E-state index in [-0.39, 0.29) is 12.1 Å². The van der Waals surface area contributed by atoms with Crippen LogP contribution in [0.5, 0.6) is 5.75 Å². The van der Waals surface area contributed by atoms with Crippen molar-refractivity contribution in [3.63, 3.8) is 0 Å². The molecule has 1 aliphatic rings. The molecule has 5 nitrogen and oxygen atoms in total. The minimum absolute atomic E-state index is 0.0254. The van der Waals surface area contributed by atoms with Gasteiger partial charge in [-0.1, -0.05) is 12.1 Å². The molecule has 0 radical (unpaired) electrons. The number of aromatic nitrogens is 1. The highest BCUT2D eigenvalue weighted by Gasteiger charge is 2.29. The average Bonchev–Trinajstić information content (AvgIpc) is 3.09. The second-order valence-corrected chi connectivity index (χ2v) is 5.50. The van der Waals surface area contributed by atoms with Crippen LogP contribution in [-0.2, 0) is 11.3 Å². The van der Waals surface area contributed by atoms with Crippen LogP contribution < -0.4 is 10.1 Å². The number of methoxy groups -OCH3 is 1. The Labute approximate surface area is 135 Å². The van der Waals surface area contributed by atoms with E-state index in [1.807, 2.05) is 36.5 Å². The van der Waals surface area contributed by atoms with Gasteiger partial charge in [0.2, 0.25) is 0 Å². The molecule has 2 atom stereocenters. The van der Waals surface area contributed by atoms with Crippen LogP contribution in [-0.4, -0.2) is 24.7 Å². The molecule has 0 spiro atoms. The van der Waals surface area contributed by atoms with E-state index in [0.717, 1.165) is 24.2 Å². The summed E-state index contributed by atoms with van der Waals surface area (Å²) in [5.41, 5.74) is 2.70. The fourth-order valence-electron chi connectivity index (χ4n) is 2.87. The maximum atomic E-state index is 9.17. The summed E-state index contributed by atoms with van der Waals surface area (Å²) in [5, 5.41) is 12.7. The monoisotopic (exact) mass is 309 g/mol. The molecular formula is C18H19N3O2. The number of ether oxygens (including phenoxy) is 2. The van der Waals surface area contributed by atoms with Gasteiger partial charge in [0.25, 0.3) is 0 Å². The summed E-state index contributed by atoms with van der Waals surface area (Å²) >= 11 is 0. The number of benzene rings is 1. The Morgan fingerprint density at radius 2 is 2.35 bits per heavy atom. The maximum Gasteiger partial charge on any atom is 0.136 e. The molecule has 1 N–H and O–H groups in total. The lowest BCUT2D eigenvalue weighted by atomic mass is 10.0. The normalized spacial score (nSPS) is 20.2. The van der Waals surface area contributed by atoms with Crippen LogP contribution in [0, 0.1) is 11.3 Å². The Balaban J connectivity index is 1.67. The van der Waals surface area contributed by atoms with Gasteiger partial charge in [-0.2, -0.15) is 5.26 Å². The van der Waals surface area contributed by atoms with Crippen molar-refractivity contribution in [3.05, 3.63) is 59.4 Å². The lowest BCUT2D eigenvalue weighted by molar-refractivity contribution is 0.0982. The van der Waals surface area contributed by atoms with E-state index in [1.54, 1.807) is 13.3 Å². The lowest BCUT2D eigenvalue weighted by Crippen LogP contribution is -2.31. The molecular weight excluding hydrogens is 290 g/mol. The highest BCUT2D eigenvalue weighted by molar-refractivity contribution is 5.45. The minimum Gasteiger partial charge on any atom is -0.495 e. The highest BCUT2D eigenvalue weighted by atomic mass is 16.5. The van der Waals surface area contributed by atoms with Gasteiger partial charge in [0.15, 0.2) is 0 Å². The molecule has 1 fully saturated rings. The summed E-state index contributed by atoms with van der Waals surface area (Å²) in [7, 11) is 1.57. The summed E-state index contributed by atoms with van der Waals surface area (Å²) in [6, 6.07) is 12.0. The first-order valence-corrected chi connectivity index (χ1v) is 7.63. The molecule has 1 aliphatic heterocycles. The molecule has 0 bridgehead atoms. The second-order valence-electron chi connectivity index (χ2n) is 5.50. The molecule has 2 heterocycles. The Hall–Kier alpha value is -2.42. The van der Waals surface area contributed by atoms with E-state index in [0.29, 0.717) is 17.9 Å². The average molecular weight is 309 g/mol. The van der Waals surface area contributed by atoms with Crippen molar-refractivity contribution in [1.29, 1.82) is 5.26 Å². The first kappa shape index (κ1) is 15.5. The van der Waals surface area contributed by atoms with E-state index in [1.165, 1.54) is 0 Å². The van der Waals surface area contributed by atoms with E-state index in [9.17, 15) is 0 Å². The SMILES string of the molecule is COc1ccc(CN[C@H]2CCO[C@@H]2c2cccnc2)cc1C#N. The van der Waals surface area contributed by atoms with Gasteiger partial charge in [-0.15, -0.1) is 0 Å². The standard InChI is InChI=1S/C18H19N3O2/c1-22-17-5-4-13(9-15(17)10-19)11-21-16-6-8-23-18(16)14-3-2-7-20-12-14/h2-5,7,9,12,16,18,21H,6,8,11H2,1H3/t16-,18+/m0/s1. The first-order chi connectivity index (χ1) is 11.3. The molecule has 2 aromatic rings. The number of hydrogen-bond acceptors (Lipinski definition) is 5. The summed E-state index contributed by atoms with van der Waals surface area (Å²) in [6.07, 6.45) is 4.60. The molecule has 23 heavy (non-hydrogen) atoms. The second kappa shape index (κ2) is 7.23. The van der Waals surface area contributed by atoms with Gasteiger partial charge in [0, 0.05) is 37.2 Å². The van der Waals surface area contributed by atoms with Crippen molar-refractivity contribution in [2.24, 2.45) is 0 Å². The third-order valence-corrected chi connectivity index (χ3v) is 4.06. The van der Waals surface area contributed by atoms with Gasteiger partial charge in [0.05, 0.1) is 18.8 Å². The largest absolute Gasteiger partial charge is 0.495 e. The molecule has 118 valence electrons. The topological polar surface area (TPSA) is 67.2 Å².